The number of rotatable bonds is 5. The maximum Gasteiger partial charge on any atom is 0.304 e. The average Bonchev–Trinajstić information content (AvgIpc) is 2.84. The molecule has 0 saturated carbocycles. The molecule has 0 bridgehead atoms. The first-order chi connectivity index (χ1) is 9.54. The Kier molecular flexibility index (Phi) is 4.60. The second-order valence-electron chi connectivity index (χ2n) is 5.16. The first-order valence-corrected chi connectivity index (χ1v) is 6.84. The van der Waals surface area contributed by atoms with Gasteiger partial charge in [-0.3, -0.25) is 9.69 Å². The molecule has 0 aromatic heterocycles. The molecule has 0 spiro atoms. The van der Waals surface area contributed by atoms with Gasteiger partial charge in [0.1, 0.15) is 11.6 Å². The Morgan fingerprint density at radius 1 is 1.60 bits per heavy atom. The van der Waals surface area contributed by atoms with Crippen LogP contribution in [0.4, 0.5) is 4.39 Å². The third-order valence-electron chi connectivity index (χ3n) is 3.98. The van der Waals surface area contributed by atoms with Crippen molar-refractivity contribution in [1.82, 2.24) is 4.90 Å². The summed E-state index contributed by atoms with van der Waals surface area (Å²) >= 11 is 0. The molecular formula is C15H20FNO3. The van der Waals surface area contributed by atoms with Gasteiger partial charge in [-0.1, -0.05) is 6.07 Å². The summed E-state index contributed by atoms with van der Waals surface area (Å²) in [6, 6.07) is 4.53. The third-order valence-corrected chi connectivity index (χ3v) is 3.98. The highest BCUT2D eigenvalue weighted by Gasteiger charge is 2.33. The molecule has 20 heavy (non-hydrogen) atoms. The zero-order valence-corrected chi connectivity index (χ0v) is 11.8. The van der Waals surface area contributed by atoms with E-state index in [2.05, 4.69) is 4.90 Å². The van der Waals surface area contributed by atoms with E-state index in [0.717, 1.165) is 19.4 Å². The Labute approximate surface area is 118 Å². The fourth-order valence-electron chi connectivity index (χ4n) is 3.06. The second kappa shape index (κ2) is 6.22. The first-order valence-electron chi connectivity index (χ1n) is 6.84. The zero-order valence-electron chi connectivity index (χ0n) is 11.8. The number of carboxylic acids is 1. The monoisotopic (exact) mass is 281 g/mol. The molecule has 1 heterocycles. The summed E-state index contributed by atoms with van der Waals surface area (Å²) in [6.45, 7) is 2.69. The van der Waals surface area contributed by atoms with Crippen molar-refractivity contribution < 1.29 is 19.0 Å². The van der Waals surface area contributed by atoms with Gasteiger partial charge < -0.3 is 9.84 Å². The number of hydrogen-bond donors (Lipinski definition) is 1. The molecule has 1 N–H and O–H groups in total. The second-order valence-corrected chi connectivity index (χ2v) is 5.16. The molecule has 2 unspecified atom stereocenters. The lowest BCUT2D eigenvalue weighted by molar-refractivity contribution is -0.138. The van der Waals surface area contributed by atoms with Crippen LogP contribution in [-0.4, -0.2) is 35.7 Å². The quantitative estimate of drug-likeness (QED) is 0.901. The molecule has 2 rings (SSSR count). The predicted octanol–water partition coefficient (Wildman–Crippen LogP) is 2.83. The molecule has 110 valence electrons. The number of benzene rings is 1. The van der Waals surface area contributed by atoms with Crippen LogP contribution in [0.2, 0.25) is 0 Å². The summed E-state index contributed by atoms with van der Waals surface area (Å²) in [4.78, 5) is 13.0. The van der Waals surface area contributed by atoms with Crippen molar-refractivity contribution in [3.8, 4) is 5.75 Å². The van der Waals surface area contributed by atoms with Gasteiger partial charge in [0.2, 0.25) is 0 Å². The molecule has 0 radical (unpaired) electrons. The minimum Gasteiger partial charge on any atom is -0.496 e. The summed E-state index contributed by atoms with van der Waals surface area (Å²) in [5.41, 5.74) is 0.507. The molecule has 0 amide bonds. The van der Waals surface area contributed by atoms with Gasteiger partial charge in [-0.05, 0) is 38.4 Å². The third kappa shape index (κ3) is 2.93. The van der Waals surface area contributed by atoms with Crippen LogP contribution in [0, 0.1) is 5.82 Å². The number of carbonyl (C=O) groups is 1. The maximum atomic E-state index is 14.1. The van der Waals surface area contributed by atoms with Crippen LogP contribution in [-0.2, 0) is 4.79 Å². The lowest BCUT2D eigenvalue weighted by atomic mass is 10.0. The fraction of sp³-hybridized carbons (Fsp3) is 0.533. The van der Waals surface area contributed by atoms with Crippen molar-refractivity contribution in [2.24, 2.45) is 0 Å². The molecule has 1 saturated heterocycles. The van der Waals surface area contributed by atoms with Crippen molar-refractivity contribution in [2.75, 3.05) is 13.7 Å². The number of aliphatic carboxylic acids is 1. The summed E-state index contributed by atoms with van der Waals surface area (Å²) < 4.78 is 19.3. The van der Waals surface area contributed by atoms with E-state index in [4.69, 9.17) is 9.84 Å². The van der Waals surface area contributed by atoms with Gasteiger partial charge in [-0.2, -0.15) is 0 Å². The number of nitrogens with zero attached hydrogens (tertiary/aromatic N) is 1. The van der Waals surface area contributed by atoms with Crippen LogP contribution in [0.3, 0.4) is 0 Å². The summed E-state index contributed by atoms with van der Waals surface area (Å²) in [7, 11) is 1.52. The Morgan fingerprint density at radius 3 is 3.00 bits per heavy atom. The number of carboxylic acid groups (broad SMARTS) is 1. The standard InChI is InChI=1S/C15H20FNO3/c1-10(15-12(16)6-3-7-13(15)20-2)17-8-4-5-11(17)9-14(18)19/h3,6-7,10-11H,4-5,8-9H2,1-2H3,(H,18,19). The molecule has 1 aliphatic heterocycles. The topological polar surface area (TPSA) is 49.8 Å². The van der Waals surface area contributed by atoms with E-state index in [1.165, 1.54) is 13.2 Å². The Bertz CT molecular complexity index is 492. The molecule has 1 aliphatic rings. The van der Waals surface area contributed by atoms with Crippen molar-refractivity contribution in [3.63, 3.8) is 0 Å². The number of halogens is 1. The smallest absolute Gasteiger partial charge is 0.304 e. The van der Waals surface area contributed by atoms with E-state index in [1.807, 2.05) is 6.92 Å². The van der Waals surface area contributed by atoms with E-state index in [1.54, 1.807) is 12.1 Å². The van der Waals surface area contributed by atoms with E-state index in [9.17, 15) is 9.18 Å². The van der Waals surface area contributed by atoms with E-state index in [-0.39, 0.29) is 24.3 Å². The molecular weight excluding hydrogens is 261 g/mol. The summed E-state index contributed by atoms with van der Waals surface area (Å²) in [5, 5.41) is 8.97. The normalized spacial score (nSPS) is 20.9. The average molecular weight is 281 g/mol. The molecule has 0 aliphatic carbocycles. The Hall–Kier alpha value is -1.62. The molecule has 1 fully saturated rings. The summed E-state index contributed by atoms with van der Waals surface area (Å²) in [6.07, 6.45) is 1.88. The highest BCUT2D eigenvalue weighted by molar-refractivity contribution is 5.67. The van der Waals surface area contributed by atoms with E-state index in [0.29, 0.717) is 11.3 Å². The SMILES string of the molecule is COc1cccc(F)c1C(C)N1CCCC1CC(=O)O. The van der Waals surface area contributed by atoms with Crippen LogP contribution in [0.15, 0.2) is 18.2 Å². The molecule has 5 heteroatoms. The number of ether oxygens (including phenoxy) is 1. The van der Waals surface area contributed by atoms with Gasteiger partial charge in [-0.25, -0.2) is 4.39 Å². The zero-order chi connectivity index (χ0) is 14.7. The Balaban J connectivity index is 2.26. The maximum absolute atomic E-state index is 14.1. The van der Waals surface area contributed by atoms with Gasteiger partial charge in [0, 0.05) is 17.6 Å². The molecule has 4 nitrogen and oxygen atoms in total. The van der Waals surface area contributed by atoms with E-state index < -0.39 is 5.97 Å². The van der Waals surface area contributed by atoms with Crippen molar-refractivity contribution in [2.45, 2.75) is 38.3 Å². The van der Waals surface area contributed by atoms with Gasteiger partial charge in [0.05, 0.1) is 13.5 Å². The molecule has 1 aromatic rings. The van der Waals surface area contributed by atoms with Crippen LogP contribution in [0.1, 0.15) is 37.8 Å². The highest BCUT2D eigenvalue weighted by atomic mass is 19.1. The minimum absolute atomic E-state index is 0.0354. The summed E-state index contributed by atoms with van der Waals surface area (Å²) in [5.74, 6) is -0.606. The first kappa shape index (κ1) is 14.8. The van der Waals surface area contributed by atoms with Crippen LogP contribution < -0.4 is 4.74 Å². The van der Waals surface area contributed by atoms with Crippen molar-refractivity contribution in [1.29, 1.82) is 0 Å². The van der Waals surface area contributed by atoms with Gasteiger partial charge in [-0.15, -0.1) is 0 Å². The van der Waals surface area contributed by atoms with Crippen LogP contribution in [0.25, 0.3) is 0 Å². The van der Waals surface area contributed by atoms with Crippen molar-refractivity contribution in [3.05, 3.63) is 29.6 Å². The fourth-order valence-corrected chi connectivity index (χ4v) is 3.06. The number of methoxy groups -OCH3 is 1. The molecule has 1 aromatic carbocycles. The minimum atomic E-state index is -0.811. The van der Waals surface area contributed by atoms with Gasteiger partial charge in [0.25, 0.3) is 0 Å². The lowest BCUT2D eigenvalue weighted by Crippen LogP contribution is -2.34. The predicted molar refractivity (Wildman–Crippen MR) is 73.3 cm³/mol. The Morgan fingerprint density at radius 2 is 2.35 bits per heavy atom. The van der Waals surface area contributed by atoms with Gasteiger partial charge in [0.15, 0.2) is 0 Å². The number of hydrogen-bond acceptors (Lipinski definition) is 3. The van der Waals surface area contributed by atoms with Crippen LogP contribution >= 0.6 is 0 Å². The highest BCUT2D eigenvalue weighted by Crippen LogP contribution is 2.36. The van der Waals surface area contributed by atoms with Crippen LogP contribution in [0.5, 0.6) is 5.75 Å². The molecule has 2 atom stereocenters. The van der Waals surface area contributed by atoms with Gasteiger partial charge >= 0.3 is 5.97 Å². The lowest BCUT2D eigenvalue weighted by Gasteiger charge is -2.31. The van der Waals surface area contributed by atoms with Crippen molar-refractivity contribution >= 4 is 5.97 Å². The number of likely N-dealkylation sites (tertiary alicyclic amines) is 1. The van der Waals surface area contributed by atoms with E-state index >= 15 is 0 Å². The largest absolute Gasteiger partial charge is 0.496 e.